The fraction of sp³-hybridized carbons (Fsp3) is 0.909. The summed E-state index contributed by atoms with van der Waals surface area (Å²) in [5.41, 5.74) is -0.768. The quantitative estimate of drug-likeness (QED) is 0.700. The van der Waals surface area contributed by atoms with E-state index in [1.807, 2.05) is 0 Å². The van der Waals surface area contributed by atoms with Gasteiger partial charge in [0.15, 0.2) is 0 Å². The van der Waals surface area contributed by atoms with Crippen LogP contribution in [0.25, 0.3) is 0 Å². The molecule has 0 aromatic rings. The van der Waals surface area contributed by atoms with Crippen LogP contribution in [-0.4, -0.2) is 49.7 Å². The SMILES string of the molecule is CC(C)N(CC(F)(F)F)CC1(C=O)CCOC1. The maximum atomic E-state index is 12.4. The van der Waals surface area contributed by atoms with E-state index in [0.717, 1.165) is 6.29 Å². The number of hydrogen-bond acceptors (Lipinski definition) is 3. The number of carbonyl (C=O) groups excluding carboxylic acids is 1. The summed E-state index contributed by atoms with van der Waals surface area (Å²) in [6, 6.07) is -0.256. The van der Waals surface area contributed by atoms with Gasteiger partial charge in [-0.15, -0.1) is 0 Å². The molecule has 1 atom stereocenters. The molecule has 17 heavy (non-hydrogen) atoms. The average molecular weight is 253 g/mol. The van der Waals surface area contributed by atoms with E-state index in [-0.39, 0.29) is 19.2 Å². The van der Waals surface area contributed by atoms with Gasteiger partial charge in [0.05, 0.1) is 18.6 Å². The minimum absolute atomic E-state index is 0.105. The Balaban J connectivity index is 2.68. The first kappa shape index (κ1) is 14.4. The molecule has 3 nitrogen and oxygen atoms in total. The first-order chi connectivity index (χ1) is 7.78. The summed E-state index contributed by atoms with van der Waals surface area (Å²) in [7, 11) is 0. The van der Waals surface area contributed by atoms with Crippen molar-refractivity contribution in [3.05, 3.63) is 0 Å². The zero-order chi connectivity index (χ0) is 13.1. The van der Waals surface area contributed by atoms with Crippen molar-refractivity contribution in [1.29, 1.82) is 0 Å². The van der Waals surface area contributed by atoms with Crippen LogP contribution in [0, 0.1) is 5.41 Å². The van der Waals surface area contributed by atoms with Gasteiger partial charge in [0.25, 0.3) is 0 Å². The Hall–Kier alpha value is -0.620. The Morgan fingerprint density at radius 2 is 2.12 bits per heavy atom. The lowest BCUT2D eigenvalue weighted by atomic mass is 9.88. The van der Waals surface area contributed by atoms with Gasteiger partial charge in [0, 0.05) is 19.2 Å². The Morgan fingerprint density at radius 3 is 2.47 bits per heavy atom. The van der Waals surface area contributed by atoms with E-state index in [4.69, 9.17) is 4.74 Å². The minimum Gasteiger partial charge on any atom is -0.380 e. The third-order valence-electron chi connectivity index (χ3n) is 3.01. The molecule has 1 saturated heterocycles. The normalized spacial score (nSPS) is 25.8. The van der Waals surface area contributed by atoms with Crippen LogP contribution in [0.2, 0.25) is 0 Å². The van der Waals surface area contributed by atoms with Crippen molar-refractivity contribution in [2.75, 3.05) is 26.3 Å². The Kier molecular flexibility index (Phi) is 4.55. The number of aldehydes is 1. The summed E-state index contributed by atoms with van der Waals surface area (Å²) in [5.74, 6) is 0. The lowest BCUT2D eigenvalue weighted by Gasteiger charge is -2.33. The second-order valence-electron chi connectivity index (χ2n) is 4.90. The molecule has 1 aliphatic rings. The number of halogens is 3. The van der Waals surface area contributed by atoms with Crippen molar-refractivity contribution in [2.45, 2.75) is 32.5 Å². The third kappa shape index (κ3) is 4.27. The summed E-state index contributed by atoms with van der Waals surface area (Å²) < 4.78 is 42.3. The van der Waals surface area contributed by atoms with E-state index in [1.54, 1.807) is 13.8 Å². The van der Waals surface area contributed by atoms with Crippen molar-refractivity contribution in [3.63, 3.8) is 0 Å². The second kappa shape index (κ2) is 5.35. The fourth-order valence-electron chi connectivity index (χ4n) is 1.93. The third-order valence-corrected chi connectivity index (χ3v) is 3.01. The number of rotatable bonds is 5. The van der Waals surface area contributed by atoms with Crippen LogP contribution < -0.4 is 0 Å². The molecule has 1 heterocycles. The predicted octanol–water partition coefficient (Wildman–Crippen LogP) is 1.86. The minimum atomic E-state index is -4.24. The summed E-state index contributed by atoms with van der Waals surface area (Å²) in [4.78, 5) is 12.3. The highest BCUT2D eigenvalue weighted by molar-refractivity contribution is 5.60. The molecule has 100 valence electrons. The average Bonchev–Trinajstić information content (AvgIpc) is 2.64. The molecule has 1 aliphatic heterocycles. The van der Waals surface area contributed by atoms with Gasteiger partial charge in [0.2, 0.25) is 0 Å². The molecule has 0 amide bonds. The van der Waals surface area contributed by atoms with E-state index in [9.17, 15) is 18.0 Å². The van der Waals surface area contributed by atoms with Crippen molar-refractivity contribution >= 4 is 6.29 Å². The zero-order valence-corrected chi connectivity index (χ0v) is 10.1. The number of hydrogen-bond donors (Lipinski definition) is 0. The van der Waals surface area contributed by atoms with E-state index in [1.165, 1.54) is 4.90 Å². The smallest absolute Gasteiger partial charge is 0.380 e. The van der Waals surface area contributed by atoms with Gasteiger partial charge in [0.1, 0.15) is 6.29 Å². The van der Waals surface area contributed by atoms with Crippen molar-refractivity contribution in [2.24, 2.45) is 5.41 Å². The summed E-state index contributed by atoms with van der Waals surface area (Å²) in [6.07, 6.45) is -3.00. The van der Waals surface area contributed by atoms with E-state index in [2.05, 4.69) is 0 Å². The molecular weight excluding hydrogens is 235 g/mol. The standard InChI is InChI=1S/C11H18F3NO2/c1-9(2)15(6-11(12,13)14)5-10(7-16)3-4-17-8-10/h7,9H,3-6,8H2,1-2H3. The Labute approximate surface area is 98.9 Å². The highest BCUT2D eigenvalue weighted by atomic mass is 19.4. The molecule has 0 aromatic heterocycles. The molecule has 1 fully saturated rings. The lowest BCUT2D eigenvalue weighted by molar-refractivity contribution is -0.154. The highest BCUT2D eigenvalue weighted by Gasteiger charge is 2.40. The van der Waals surface area contributed by atoms with Gasteiger partial charge >= 0.3 is 6.18 Å². The fourth-order valence-corrected chi connectivity index (χ4v) is 1.93. The van der Waals surface area contributed by atoms with Crippen LogP contribution in [0.15, 0.2) is 0 Å². The van der Waals surface area contributed by atoms with Crippen LogP contribution in [0.1, 0.15) is 20.3 Å². The topological polar surface area (TPSA) is 29.5 Å². The van der Waals surface area contributed by atoms with Gasteiger partial charge in [-0.05, 0) is 20.3 Å². The van der Waals surface area contributed by atoms with Gasteiger partial charge in [-0.2, -0.15) is 13.2 Å². The monoisotopic (exact) mass is 253 g/mol. The van der Waals surface area contributed by atoms with Crippen molar-refractivity contribution in [1.82, 2.24) is 4.90 Å². The van der Waals surface area contributed by atoms with Gasteiger partial charge in [-0.3, -0.25) is 4.90 Å². The van der Waals surface area contributed by atoms with Gasteiger partial charge in [-0.1, -0.05) is 0 Å². The molecule has 0 N–H and O–H groups in total. The Morgan fingerprint density at radius 1 is 1.47 bits per heavy atom. The Bertz CT molecular complexity index is 260. The highest BCUT2D eigenvalue weighted by Crippen LogP contribution is 2.29. The lowest BCUT2D eigenvalue weighted by Crippen LogP contribution is -2.46. The summed E-state index contributed by atoms with van der Waals surface area (Å²) in [6.45, 7) is 3.17. The van der Waals surface area contributed by atoms with Crippen LogP contribution in [0.4, 0.5) is 13.2 Å². The molecular formula is C11H18F3NO2. The zero-order valence-electron chi connectivity index (χ0n) is 10.1. The summed E-state index contributed by atoms with van der Waals surface area (Å²) in [5, 5.41) is 0. The number of carbonyl (C=O) groups is 1. The van der Waals surface area contributed by atoms with Gasteiger partial charge in [-0.25, -0.2) is 0 Å². The van der Waals surface area contributed by atoms with Crippen LogP contribution in [0.3, 0.4) is 0 Å². The maximum absolute atomic E-state index is 12.4. The largest absolute Gasteiger partial charge is 0.401 e. The number of ether oxygens (including phenoxy) is 1. The maximum Gasteiger partial charge on any atom is 0.401 e. The number of nitrogens with zero attached hydrogens (tertiary/aromatic N) is 1. The molecule has 6 heteroatoms. The summed E-state index contributed by atoms with van der Waals surface area (Å²) >= 11 is 0. The molecule has 0 spiro atoms. The van der Waals surface area contributed by atoms with Crippen LogP contribution >= 0.6 is 0 Å². The first-order valence-electron chi connectivity index (χ1n) is 5.63. The molecule has 0 aliphatic carbocycles. The molecule has 0 aromatic carbocycles. The molecule has 1 unspecified atom stereocenters. The number of alkyl halides is 3. The van der Waals surface area contributed by atoms with Crippen LogP contribution in [0.5, 0.6) is 0 Å². The predicted molar refractivity (Wildman–Crippen MR) is 56.7 cm³/mol. The molecule has 0 bridgehead atoms. The van der Waals surface area contributed by atoms with E-state index >= 15 is 0 Å². The van der Waals surface area contributed by atoms with E-state index in [0.29, 0.717) is 13.0 Å². The molecule has 1 rings (SSSR count). The van der Waals surface area contributed by atoms with Crippen LogP contribution in [-0.2, 0) is 9.53 Å². The first-order valence-corrected chi connectivity index (χ1v) is 5.63. The molecule has 0 saturated carbocycles. The second-order valence-corrected chi connectivity index (χ2v) is 4.90. The molecule has 0 radical (unpaired) electrons. The van der Waals surface area contributed by atoms with Crippen molar-refractivity contribution in [3.8, 4) is 0 Å². The van der Waals surface area contributed by atoms with E-state index < -0.39 is 18.1 Å². The van der Waals surface area contributed by atoms with Crippen molar-refractivity contribution < 1.29 is 22.7 Å². The van der Waals surface area contributed by atoms with Gasteiger partial charge < -0.3 is 9.53 Å².